The fourth-order valence-corrected chi connectivity index (χ4v) is 5.45. The van der Waals surface area contributed by atoms with Crippen LogP contribution in [0.1, 0.15) is 47.4 Å². The summed E-state index contributed by atoms with van der Waals surface area (Å²) in [5.41, 5.74) is 1.72. The largest absolute Gasteiger partial charge is 0.360 e. The number of hydrogen-bond donors (Lipinski definition) is 1. The minimum atomic E-state index is -0.263. The van der Waals surface area contributed by atoms with Gasteiger partial charge in [-0.1, -0.05) is 52.6 Å². The number of hydrogen-bond acceptors (Lipinski definition) is 4. The number of nitrogens with one attached hydrogen (secondary N) is 1. The number of carbonyl (C=O) groups excluding carboxylic acids is 1. The third-order valence-electron chi connectivity index (χ3n) is 6.97. The smallest absolute Gasteiger partial charge is 0.257 e. The number of likely N-dealkylation sites (N-methyl/N-ethyl adjacent to an activating group) is 1. The molecule has 1 aliphatic rings. The fourth-order valence-electron chi connectivity index (χ4n) is 4.87. The van der Waals surface area contributed by atoms with Gasteiger partial charge in [0.1, 0.15) is 22.8 Å². The number of aromatic nitrogens is 1. The summed E-state index contributed by atoms with van der Waals surface area (Å²) in [6, 6.07) is 12.1. The molecule has 2 aromatic carbocycles. The summed E-state index contributed by atoms with van der Waals surface area (Å²) < 4.78 is 19.7. The lowest BCUT2D eigenvalue weighted by Gasteiger charge is -2.45. The van der Waals surface area contributed by atoms with Crippen LogP contribution in [-0.4, -0.2) is 41.6 Å². The van der Waals surface area contributed by atoms with Gasteiger partial charge in [-0.25, -0.2) is 4.39 Å². The second kappa shape index (κ2) is 10.1. The molecule has 4 rings (SSSR count). The lowest BCUT2D eigenvalue weighted by atomic mass is 9.74. The Bertz CT molecular complexity index is 1170. The van der Waals surface area contributed by atoms with Crippen molar-refractivity contribution in [3.05, 3.63) is 75.2 Å². The molecule has 34 heavy (non-hydrogen) atoms. The predicted molar refractivity (Wildman–Crippen MR) is 133 cm³/mol. The zero-order valence-corrected chi connectivity index (χ0v) is 21.0. The molecular weight excluding hydrogens is 476 g/mol. The minimum absolute atomic E-state index is 0.00920. The number of carbonyl (C=O) groups is 1. The van der Waals surface area contributed by atoms with Gasteiger partial charge in [0.2, 0.25) is 0 Å². The normalized spacial score (nSPS) is 20.5. The third-order valence-corrected chi connectivity index (χ3v) is 7.60. The number of aryl methyl sites for hydroxylation is 1. The summed E-state index contributed by atoms with van der Waals surface area (Å²) in [5.74, 6) is -0.0319. The molecule has 1 aliphatic carbocycles. The van der Waals surface area contributed by atoms with Crippen LogP contribution in [0.4, 0.5) is 4.39 Å². The summed E-state index contributed by atoms with van der Waals surface area (Å²) in [6.45, 7) is 1.70. The van der Waals surface area contributed by atoms with Crippen LogP contribution < -0.4 is 5.32 Å². The van der Waals surface area contributed by atoms with Crippen molar-refractivity contribution in [1.82, 2.24) is 15.4 Å². The standard InChI is InChI=1S/C26H28Cl2FN3O2/c1-16-22(24(31-34-16)23-19(27)8-6-9-20(23)28)25(33)30-18-11-13-26(14-12-18,32(2)3)15-17-7-4-5-10-21(17)29/h4-10,18H,11-15H2,1-3H3,(H,30,33). The SMILES string of the molecule is Cc1onc(-c2c(Cl)cccc2Cl)c1C(=O)NC1CCC(Cc2ccccc2F)(N(C)C)CC1. The predicted octanol–water partition coefficient (Wildman–Crippen LogP) is 6.31. The maximum atomic E-state index is 14.3. The second-order valence-corrected chi connectivity index (χ2v) is 10.0. The van der Waals surface area contributed by atoms with Crippen molar-refractivity contribution in [2.75, 3.05) is 14.1 Å². The van der Waals surface area contributed by atoms with E-state index in [4.69, 9.17) is 27.7 Å². The molecule has 8 heteroatoms. The Hall–Kier alpha value is -2.41. The Morgan fingerprint density at radius 3 is 2.41 bits per heavy atom. The Balaban J connectivity index is 1.49. The summed E-state index contributed by atoms with van der Waals surface area (Å²) >= 11 is 12.7. The van der Waals surface area contributed by atoms with E-state index in [9.17, 15) is 9.18 Å². The first-order valence-electron chi connectivity index (χ1n) is 11.3. The van der Waals surface area contributed by atoms with Crippen molar-refractivity contribution < 1.29 is 13.7 Å². The summed E-state index contributed by atoms with van der Waals surface area (Å²) in [5, 5.41) is 8.02. The maximum absolute atomic E-state index is 14.3. The van der Waals surface area contributed by atoms with Gasteiger partial charge in [0.05, 0.1) is 10.0 Å². The quantitative estimate of drug-likeness (QED) is 0.428. The lowest BCUT2D eigenvalue weighted by Crippen LogP contribution is -2.52. The molecule has 180 valence electrons. The van der Waals surface area contributed by atoms with E-state index in [0.29, 0.717) is 39.0 Å². The van der Waals surface area contributed by atoms with Gasteiger partial charge in [0.15, 0.2) is 0 Å². The molecule has 1 saturated carbocycles. The first-order valence-corrected chi connectivity index (χ1v) is 12.1. The van der Waals surface area contributed by atoms with Gasteiger partial charge in [-0.05, 0) is 76.9 Å². The number of rotatable bonds is 6. The number of amides is 1. The van der Waals surface area contributed by atoms with Crippen LogP contribution >= 0.6 is 23.2 Å². The van der Waals surface area contributed by atoms with Gasteiger partial charge in [-0.3, -0.25) is 4.79 Å². The van der Waals surface area contributed by atoms with Crippen LogP contribution in [0.5, 0.6) is 0 Å². The topological polar surface area (TPSA) is 58.4 Å². The average Bonchev–Trinajstić information content (AvgIpc) is 3.17. The van der Waals surface area contributed by atoms with E-state index in [1.807, 2.05) is 26.2 Å². The molecule has 1 fully saturated rings. The van der Waals surface area contributed by atoms with E-state index < -0.39 is 0 Å². The highest BCUT2D eigenvalue weighted by molar-refractivity contribution is 6.39. The Morgan fingerprint density at radius 2 is 1.79 bits per heavy atom. The van der Waals surface area contributed by atoms with Crippen LogP contribution in [0, 0.1) is 12.7 Å². The van der Waals surface area contributed by atoms with Crippen molar-refractivity contribution in [3.8, 4) is 11.3 Å². The number of benzene rings is 2. The summed E-state index contributed by atoms with van der Waals surface area (Å²) in [6.07, 6.45) is 3.87. The van der Waals surface area contributed by atoms with Gasteiger partial charge in [0.25, 0.3) is 5.91 Å². The zero-order chi connectivity index (χ0) is 24.5. The Morgan fingerprint density at radius 1 is 1.15 bits per heavy atom. The van der Waals surface area contributed by atoms with Gasteiger partial charge in [-0.2, -0.15) is 0 Å². The van der Waals surface area contributed by atoms with Crippen molar-refractivity contribution in [1.29, 1.82) is 0 Å². The fraction of sp³-hybridized carbons (Fsp3) is 0.385. The van der Waals surface area contributed by atoms with E-state index in [1.54, 1.807) is 31.2 Å². The number of halogens is 3. The monoisotopic (exact) mass is 503 g/mol. The van der Waals surface area contributed by atoms with E-state index in [2.05, 4.69) is 15.4 Å². The van der Waals surface area contributed by atoms with E-state index in [1.165, 1.54) is 6.07 Å². The van der Waals surface area contributed by atoms with Crippen molar-refractivity contribution >= 4 is 29.1 Å². The highest BCUT2D eigenvalue weighted by Crippen LogP contribution is 2.38. The van der Waals surface area contributed by atoms with Crippen molar-refractivity contribution in [2.24, 2.45) is 0 Å². The molecule has 0 atom stereocenters. The first-order chi connectivity index (χ1) is 16.2. The molecular formula is C26H28Cl2FN3O2. The molecule has 0 spiro atoms. The Kier molecular flexibility index (Phi) is 7.31. The first kappa shape index (κ1) is 24.7. The summed E-state index contributed by atoms with van der Waals surface area (Å²) in [4.78, 5) is 15.5. The van der Waals surface area contributed by atoms with Gasteiger partial charge in [0, 0.05) is 17.1 Å². The molecule has 0 aliphatic heterocycles. The van der Waals surface area contributed by atoms with Gasteiger partial charge < -0.3 is 14.7 Å². The van der Waals surface area contributed by atoms with Crippen LogP contribution in [-0.2, 0) is 6.42 Å². The zero-order valence-electron chi connectivity index (χ0n) is 19.5. The number of nitrogens with zero attached hydrogens (tertiary/aromatic N) is 2. The third kappa shape index (κ3) is 4.85. The van der Waals surface area contributed by atoms with Gasteiger partial charge in [-0.15, -0.1) is 0 Å². The van der Waals surface area contributed by atoms with E-state index in [-0.39, 0.29) is 23.3 Å². The lowest BCUT2D eigenvalue weighted by molar-refractivity contribution is 0.0764. The molecule has 0 unspecified atom stereocenters. The Labute approximate surface area is 209 Å². The highest BCUT2D eigenvalue weighted by Gasteiger charge is 2.38. The van der Waals surface area contributed by atoms with Crippen LogP contribution in [0.3, 0.4) is 0 Å². The van der Waals surface area contributed by atoms with Crippen molar-refractivity contribution in [3.63, 3.8) is 0 Å². The van der Waals surface area contributed by atoms with E-state index >= 15 is 0 Å². The van der Waals surface area contributed by atoms with Crippen LogP contribution in [0.25, 0.3) is 11.3 Å². The van der Waals surface area contributed by atoms with Crippen LogP contribution in [0.2, 0.25) is 10.0 Å². The average molecular weight is 504 g/mol. The summed E-state index contributed by atoms with van der Waals surface area (Å²) in [7, 11) is 4.08. The minimum Gasteiger partial charge on any atom is -0.360 e. The molecule has 5 nitrogen and oxygen atoms in total. The highest BCUT2D eigenvalue weighted by atomic mass is 35.5. The molecule has 1 N–H and O–H groups in total. The molecule has 1 amide bonds. The molecule has 1 heterocycles. The molecule has 3 aromatic rings. The second-order valence-electron chi connectivity index (χ2n) is 9.19. The van der Waals surface area contributed by atoms with Crippen LogP contribution in [0.15, 0.2) is 47.0 Å². The van der Waals surface area contributed by atoms with E-state index in [0.717, 1.165) is 31.2 Å². The van der Waals surface area contributed by atoms with Crippen molar-refractivity contribution in [2.45, 2.75) is 50.6 Å². The molecule has 1 aromatic heterocycles. The molecule has 0 saturated heterocycles. The molecule has 0 radical (unpaired) electrons. The maximum Gasteiger partial charge on any atom is 0.257 e. The van der Waals surface area contributed by atoms with Gasteiger partial charge >= 0.3 is 0 Å². The molecule has 0 bridgehead atoms.